The molecule has 0 saturated heterocycles. The van der Waals surface area contributed by atoms with Gasteiger partial charge in [-0.3, -0.25) is 4.79 Å². The largest absolute Gasteiger partial charge is 0.496 e. The minimum atomic E-state index is 0.220. The smallest absolute Gasteiger partial charge is 0.176 e. The van der Waals surface area contributed by atoms with Crippen LogP contribution in [0.2, 0.25) is 0 Å². The minimum Gasteiger partial charge on any atom is -0.496 e. The average Bonchev–Trinajstić information content (AvgIpc) is 2.75. The molecule has 2 atom stereocenters. The lowest BCUT2D eigenvalue weighted by Crippen LogP contribution is -2.25. The number of hydrogen-bond donors (Lipinski definition) is 0. The Morgan fingerprint density at radius 3 is 2.47 bits per heavy atom. The van der Waals surface area contributed by atoms with Crippen molar-refractivity contribution < 1.29 is 9.53 Å². The maximum atomic E-state index is 12.4. The quantitative estimate of drug-likeness (QED) is 0.760. The summed E-state index contributed by atoms with van der Waals surface area (Å²) < 4.78 is 5.13. The number of methoxy groups -OCH3 is 1. The van der Waals surface area contributed by atoms with Gasteiger partial charge in [0.05, 0.1) is 12.0 Å². The first-order chi connectivity index (χ1) is 8.10. The van der Waals surface area contributed by atoms with Crippen molar-refractivity contribution in [1.82, 2.24) is 0 Å². The molecule has 2 unspecified atom stereocenters. The molecule has 1 aliphatic carbocycles. The number of ketones is 1. The molecule has 94 valence electrons. The van der Waals surface area contributed by atoms with Gasteiger partial charge in [0.2, 0.25) is 0 Å². The summed E-state index contributed by atoms with van der Waals surface area (Å²) in [5.41, 5.74) is 0. The highest BCUT2D eigenvalue weighted by atomic mass is 32.1. The Morgan fingerprint density at radius 2 is 1.94 bits per heavy atom. The van der Waals surface area contributed by atoms with Gasteiger partial charge in [0.1, 0.15) is 5.75 Å². The van der Waals surface area contributed by atoms with Crippen LogP contribution in [0.4, 0.5) is 0 Å². The third-order valence-corrected chi connectivity index (χ3v) is 4.53. The van der Waals surface area contributed by atoms with E-state index in [4.69, 9.17) is 4.74 Å². The molecule has 3 heteroatoms. The highest BCUT2D eigenvalue weighted by Gasteiger charge is 2.30. The van der Waals surface area contributed by atoms with Crippen molar-refractivity contribution in [2.24, 2.45) is 17.8 Å². The zero-order chi connectivity index (χ0) is 12.4. The van der Waals surface area contributed by atoms with E-state index < -0.39 is 0 Å². The van der Waals surface area contributed by atoms with Crippen molar-refractivity contribution in [2.45, 2.75) is 33.1 Å². The van der Waals surface area contributed by atoms with Crippen molar-refractivity contribution in [3.8, 4) is 5.75 Å². The predicted octanol–water partition coefficient (Wildman–Crippen LogP) is 4.01. The molecule has 1 aliphatic rings. The molecule has 1 aromatic rings. The van der Waals surface area contributed by atoms with Gasteiger partial charge in [0.25, 0.3) is 0 Å². The van der Waals surface area contributed by atoms with Gasteiger partial charge in [0, 0.05) is 17.4 Å². The summed E-state index contributed by atoms with van der Waals surface area (Å²) in [6, 6.07) is 1.87. The lowest BCUT2D eigenvalue weighted by Gasteiger charge is -2.30. The van der Waals surface area contributed by atoms with Gasteiger partial charge in [0.15, 0.2) is 5.78 Å². The van der Waals surface area contributed by atoms with E-state index >= 15 is 0 Å². The van der Waals surface area contributed by atoms with E-state index in [2.05, 4.69) is 13.8 Å². The third-order valence-electron chi connectivity index (χ3n) is 3.60. The molecule has 0 N–H and O–H groups in total. The van der Waals surface area contributed by atoms with Crippen LogP contribution >= 0.6 is 11.3 Å². The Bertz CT molecular complexity index is 387. The molecule has 0 bridgehead atoms. The van der Waals surface area contributed by atoms with E-state index in [1.807, 2.05) is 11.4 Å². The van der Waals surface area contributed by atoms with Crippen LogP contribution in [-0.2, 0) is 0 Å². The highest BCUT2D eigenvalue weighted by molar-refractivity contribution is 7.12. The van der Waals surface area contributed by atoms with Gasteiger partial charge in [-0.05, 0) is 31.1 Å². The Hall–Kier alpha value is -0.830. The van der Waals surface area contributed by atoms with Gasteiger partial charge in [-0.2, -0.15) is 0 Å². The summed E-state index contributed by atoms with van der Waals surface area (Å²) in [6.07, 6.45) is 3.35. The first kappa shape index (κ1) is 12.6. The number of Topliss-reactive ketones (excluding diaryl/α,β-unsaturated/α-hetero) is 1. The Labute approximate surface area is 107 Å². The summed E-state index contributed by atoms with van der Waals surface area (Å²) in [6.45, 7) is 4.51. The second-order valence-corrected chi connectivity index (χ2v) is 6.24. The van der Waals surface area contributed by atoms with E-state index in [1.165, 1.54) is 17.8 Å². The van der Waals surface area contributed by atoms with Gasteiger partial charge >= 0.3 is 0 Å². The fraction of sp³-hybridized carbons (Fsp3) is 0.643. The second kappa shape index (κ2) is 5.21. The van der Waals surface area contributed by atoms with Crippen molar-refractivity contribution in [3.05, 3.63) is 16.3 Å². The fourth-order valence-corrected chi connectivity index (χ4v) is 3.79. The van der Waals surface area contributed by atoms with Gasteiger partial charge in [-0.15, -0.1) is 11.3 Å². The van der Waals surface area contributed by atoms with Gasteiger partial charge in [-0.1, -0.05) is 13.8 Å². The van der Waals surface area contributed by atoms with Gasteiger partial charge in [-0.25, -0.2) is 0 Å². The molecule has 0 spiro atoms. The molecule has 1 heterocycles. The van der Waals surface area contributed by atoms with Crippen LogP contribution in [0.15, 0.2) is 11.4 Å². The first-order valence-corrected chi connectivity index (χ1v) is 7.14. The van der Waals surface area contributed by atoms with Crippen LogP contribution in [0.25, 0.3) is 0 Å². The molecule has 0 amide bonds. The van der Waals surface area contributed by atoms with Crippen molar-refractivity contribution >= 4 is 17.1 Å². The zero-order valence-corrected chi connectivity index (χ0v) is 11.5. The molecule has 1 saturated carbocycles. The summed E-state index contributed by atoms with van der Waals surface area (Å²) in [4.78, 5) is 13.2. The van der Waals surface area contributed by atoms with E-state index in [1.54, 1.807) is 7.11 Å². The number of thiophene rings is 1. The number of rotatable bonds is 3. The Kier molecular flexibility index (Phi) is 3.87. The third kappa shape index (κ3) is 2.89. The lowest BCUT2D eigenvalue weighted by atomic mass is 9.75. The van der Waals surface area contributed by atoms with E-state index in [9.17, 15) is 4.79 Å². The molecule has 1 fully saturated rings. The molecule has 2 rings (SSSR count). The minimum absolute atomic E-state index is 0.220. The summed E-state index contributed by atoms with van der Waals surface area (Å²) >= 11 is 1.50. The number of carbonyl (C=O) groups is 1. The number of carbonyl (C=O) groups excluding carboxylic acids is 1. The normalized spacial score (nSPS) is 29.0. The summed E-state index contributed by atoms with van der Waals surface area (Å²) in [5, 5.41) is 1.91. The molecule has 2 nitrogen and oxygen atoms in total. The molecule has 17 heavy (non-hydrogen) atoms. The molecular weight excluding hydrogens is 232 g/mol. The van der Waals surface area contributed by atoms with E-state index in [0.717, 1.165) is 23.5 Å². The highest BCUT2D eigenvalue weighted by Crippen LogP contribution is 2.36. The van der Waals surface area contributed by atoms with Crippen LogP contribution in [-0.4, -0.2) is 12.9 Å². The first-order valence-electron chi connectivity index (χ1n) is 6.27. The Morgan fingerprint density at radius 1 is 1.29 bits per heavy atom. The van der Waals surface area contributed by atoms with Gasteiger partial charge < -0.3 is 4.74 Å². The standard InChI is InChI=1S/C14H20O2S/c1-9-4-10(2)6-11(5-9)14(15)13-7-12(16-3)8-17-13/h7-11H,4-6H2,1-3H3. The monoisotopic (exact) mass is 252 g/mol. The zero-order valence-electron chi connectivity index (χ0n) is 10.7. The van der Waals surface area contributed by atoms with Crippen molar-refractivity contribution in [2.75, 3.05) is 7.11 Å². The molecule has 1 aromatic heterocycles. The SMILES string of the molecule is COc1csc(C(=O)C2CC(C)CC(C)C2)c1. The lowest BCUT2D eigenvalue weighted by molar-refractivity contribution is 0.0840. The molecule has 0 radical (unpaired) electrons. The second-order valence-electron chi connectivity index (χ2n) is 5.33. The molecule has 0 aromatic carbocycles. The molecule has 0 aliphatic heterocycles. The molecular formula is C14H20O2S. The number of hydrogen-bond acceptors (Lipinski definition) is 3. The van der Waals surface area contributed by atoms with Crippen LogP contribution < -0.4 is 4.74 Å². The topological polar surface area (TPSA) is 26.3 Å². The Balaban J connectivity index is 2.08. The predicted molar refractivity (Wildman–Crippen MR) is 70.9 cm³/mol. The van der Waals surface area contributed by atoms with Crippen molar-refractivity contribution in [3.63, 3.8) is 0 Å². The number of ether oxygens (including phenoxy) is 1. The maximum absolute atomic E-state index is 12.4. The van der Waals surface area contributed by atoms with Crippen LogP contribution in [0.5, 0.6) is 5.75 Å². The van der Waals surface area contributed by atoms with Crippen LogP contribution in [0, 0.1) is 17.8 Å². The summed E-state index contributed by atoms with van der Waals surface area (Å²) in [7, 11) is 1.64. The fourth-order valence-electron chi connectivity index (χ4n) is 2.92. The van der Waals surface area contributed by atoms with E-state index in [-0.39, 0.29) is 5.92 Å². The summed E-state index contributed by atoms with van der Waals surface area (Å²) in [5.74, 6) is 2.69. The maximum Gasteiger partial charge on any atom is 0.176 e. The van der Waals surface area contributed by atoms with Crippen LogP contribution in [0.1, 0.15) is 42.8 Å². The van der Waals surface area contributed by atoms with Crippen molar-refractivity contribution in [1.29, 1.82) is 0 Å². The van der Waals surface area contributed by atoms with Crippen LogP contribution in [0.3, 0.4) is 0 Å². The average molecular weight is 252 g/mol. The van der Waals surface area contributed by atoms with E-state index in [0.29, 0.717) is 17.6 Å².